The number of nitrogens with zero attached hydrogens (tertiary/aromatic N) is 3. The smallest absolute Gasteiger partial charge is 0.281 e. The van der Waals surface area contributed by atoms with Crippen molar-refractivity contribution in [1.82, 2.24) is 13.5 Å². The van der Waals surface area contributed by atoms with Crippen LogP contribution in [-0.2, 0) is 15.6 Å². The van der Waals surface area contributed by atoms with Crippen molar-refractivity contribution >= 4 is 16.1 Å². The molecule has 7 heteroatoms. The summed E-state index contributed by atoms with van der Waals surface area (Å²) in [5.41, 5.74) is 2.74. The quantitative estimate of drug-likeness (QED) is 0.819. The van der Waals surface area contributed by atoms with Crippen molar-refractivity contribution in [3.8, 4) is 0 Å². The van der Waals surface area contributed by atoms with E-state index in [2.05, 4.69) is 26.8 Å². The molecule has 1 aromatic rings. The van der Waals surface area contributed by atoms with Gasteiger partial charge in [0.25, 0.3) is 16.1 Å². The Morgan fingerprint density at radius 3 is 2.12 bits per heavy atom. The number of rotatable bonds is 3. The summed E-state index contributed by atoms with van der Waals surface area (Å²) in [5, 5.41) is 0. The Balaban J connectivity index is 2.16. The Labute approximate surface area is 151 Å². The van der Waals surface area contributed by atoms with Gasteiger partial charge in [-0.3, -0.25) is 4.79 Å². The van der Waals surface area contributed by atoms with Crippen LogP contribution in [0.1, 0.15) is 42.3 Å². The van der Waals surface area contributed by atoms with Crippen LogP contribution in [0.15, 0.2) is 18.2 Å². The Hall–Kier alpha value is -1.44. The van der Waals surface area contributed by atoms with Gasteiger partial charge in [0.1, 0.15) is 0 Å². The van der Waals surface area contributed by atoms with E-state index in [4.69, 9.17) is 0 Å². The van der Waals surface area contributed by atoms with E-state index in [9.17, 15) is 13.2 Å². The fourth-order valence-electron chi connectivity index (χ4n) is 2.84. The molecule has 1 aliphatic rings. The predicted octanol–water partition coefficient (Wildman–Crippen LogP) is 1.86. The minimum atomic E-state index is -3.42. The highest BCUT2D eigenvalue weighted by Crippen LogP contribution is 2.25. The largest absolute Gasteiger partial charge is 0.336 e. The van der Waals surface area contributed by atoms with Crippen molar-refractivity contribution in [2.75, 3.05) is 40.3 Å². The van der Waals surface area contributed by atoms with Gasteiger partial charge in [-0.1, -0.05) is 32.9 Å². The normalized spacial score (nSPS) is 17.2. The van der Waals surface area contributed by atoms with Crippen LogP contribution in [0.25, 0.3) is 0 Å². The molecule has 1 saturated heterocycles. The average molecular weight is 368 g/mol. The second-order valence-electron chi connectivity index (χ2n) is 7.76. The summed E-state index contributed by atoms with van der Waals surface area (Å²) >= 11 is 0. The third-order valence-electron chi connectivity index (χ3n) is 4.65. The Kier molecular flexibility index (Phi) is 5.61. The number of hydrogen-bond donors (Lipinski definition) is 0. The molecule has 0 N–H and O–H groups in total. The lowest BCUT2D eigenvalue weighted by Crippen LogP contribution is -2.53. The molecule has 0 spiro atoms. The van der Waals surface area contributed by atoms with Crippen molar-refractivity contribution in [3.05, 3.63) is 34.9 Å². The lowest BCUT2D eigenvalue weighted by atomic mass is 9.85. The molecule has 1 fully saturated rings. The molecule has 2 rings (SSSR count). The molecule has 0 bridgehead atoms. The van der Waals surface area contributed by atoms with Gasteiger partial charge in [-0.15, -0.1) is 0 Å². The summed E-state index contributed by atoms with van der Waals surface area (Å²) in [6, 6.07) is 6.02. The van der Waals surface area contributed by atoms with Gasteiger partial charge >= 0.3 is 0 Å². The molecule has 0 radical (unpaired) electrons. The lowest BCUT2D eigenvalue weighted by molar-refractivity contribution is 0.0694. The van der Waals surface area contributed by atoms with Crippen LogP contribution in [0, 0.1) is 6.92 Å². The van der Waals surface area contributed by atoms with Crippen molar-refractivity contribution in [2.45, 2.75) is 33.1 Å². The third kappa shape index (κ3) is 4.22. The van der Waals surface area contributed by atoms with Gasteiger partial charge in [0.15, 0.2) is 0 Å². The first-order valence-corrected chi connectivity index (χ1v) is 9.92. The molecule has 1 heterocycles. The molecule has 25 heavy (non-hydrogen) atoms. The lowest BCUT2D eigenvalue weighted by Gasteiger charge is -2.35. The first-order valence-electron chi connectivity index (χ1n) is 8.52. The van der Waals surface area contributed by atoms with Crippen LogP contribution in [0.3, 0.4) is 0 Å². The highest BCUT2D eigenvalue weighted by molar-refractivity contribution is 7.86. The molecule has 6 nitrogen and oxygen atoms in total. The summed E-state index contributed by atoms with van der Waals surface area (Å²) in [6.07, 6.45) is 0. The van der Waals surface area contributed by atoms with Crippen LogP contribution >= 0.6 is 0 Å². The number of amides is 1. The van der Waals surface area contributed by atoms with Crippen molar-refractivity contribution < 1.29 is 13.2 Å². The number of carbonyl (C=O) groups excluding carboxylic acids is 1. The van der Waals surface area contributed by atoms with Crippen molar-refractivity contribution in [3.63, 3.8) is 0 Å². The third-order valence-corrected chi connectivity index (χ3v) is 6.59. The fourth-order valence-corrected chi connectivity index (χ4v) is 3.93. The van der Waals surface area contributed by atoms with E-state index in [0.717, 1.165) is 11.1 Å². The molecule has 0 aliphatic carbocycles. The molecular weight excluding hydrogens is 338 g/mol. The second-order valence-corrected chi connectivity index (χ2v) is 9.90. The summed E-state index contributed by atoms with van der Waals surface area (Å²) < 4.78 is 27.0. The monoisotopic (exact) mass is 367 g/mol. The maximum atomic E-state index is 12.9. The average Bonchev–Trinajstić information content (AvgIpc) is 2.53. The van der Waals surface area contributed by atoms with Gasteiger partial charge in [0, 0.05) is 45.8 Å². The van der Waals surface area contributed by atoms with Gasteiger partial charge in [-0.05, 0) is 29.5 Å². The van der Waals surface area contributed by atoms with E-state index in [1.54, 1.807) is 4.90 Å². The molecule has 0 aromatic heterocycles. The Morgan fingerprint density at radius 1 is 1.08 bits per heavy atom. The van der Waals surface area contributed by atoms with E-state index >= 15 is 0 Å². The fraction of sp³-hybridized carbons (Fsp3) is 0.611. The molecule has 0 atom stereocenters. The zero-order valence-electron chi connectivity index (χ0n) is 16.0. The number of piperazine rings is 1. The van der Waals surface area contributed by atoms with Crippen LogP contribution in [0.5, 0.6) is 0 Å². The molecular formula is C18H29N3O3S. The molecule has 1 aromatic carbocycles. The standard InChI is InChI=1S/C18H29N3O3S/c1-14-7-8-15(18(2,3)4)13-16(14)17(22)20-9-11-21(12-10-20)25(23,24)19(5)6/h7-8,13H,9-12H2,1-6H3. The summed E-state index contributed by atoms with van der Waals surface area (Å²) in [7, 11) is -0.375. The number of aryl methyl sites for hydroxylation is 1. The van der Waals surface area contributed by atoms with Gasteiger partial charge in [-0.25, -0.2) is 0 Å². The van der Waals surface area contributed by atoms with Gasteiger partial charge in [0.2, 0.25) is 0 Å². The van der Waals surface area contributed by atoms with E-state index in [1.165, 1.54) is 22.7 Å². The highest BCUT2D eigenvalue weighted by atomic mass is 32.2. The first-order chi connectivity index (χ1) is 11.4. The highest BCUT2D eigenvalue weighted by Gasteiger charge is 2.31. The van der Waals surface area contributed by atoms with Crippen LogP contribution in [0.2, 0.25) is 0 Å². The minimum Gasteiger partial charge on any atom is -0.336 e. The van der Waals surface area contributed by atoms with Gasteiger partial charge < -0.3 is 4.90 Å². The van der Waals surface area contributed by atoms with Gasteiger partial charge in [-0.2, -0.15) is 17.0 Å². The van der Waals surface area contributed by atoms with Crippen LogP contribution in [0.4, 0.5) is 0 Å². The molecule has 0 unspecified atom stereocenters. The zero-order valence-corrected chi connectivity index (χ0v) is 16.9. The number of benzene rings is 1. The van der Waals surface area contributed by atoms with Crippen LogP contribution in [-0.4, -0.2) is 68.1 Å². The van der Waals surface area contributed by atoms with E-state index < -0.39 is 10.2 Å². The molecule has 1 amide bonds. The SMILES string of the molecule is Cc1ccc(C(C)(C)C)cc1C(=O)N1CCN(S(=O)(=O)N(C)C)CC1. The Bertz CT molecular complexity index is 743. The van der Waals surface area contributed by atoms with Crippen molar-refractivity contribution in [2.24, 2.45) is 0 Å². The number of carbonyl (C=O) groups is 1. The minimum absolute atomic E-state index is 0.0227. The van der Waals surface area contributed by atoms with Gasteiger partial charge in [0.05, 0.1) is 0 Å². The summed E-state index contributed by atoms with van der Waals surface area (Å²) in [5.74, 6) is -0.0227. The number of hydrogen-bond acceptors (Lipinski definition) is 3. The maximum absolute atomic E-state index is 12.9. The molecule has 1 aliphatic heterocycles. The zero-order chi connectivity index (χ0) is 19.0. The summed E-state index contributed by atoms with van der Waals surface area (Å²) in [4.78, 5) is 14.7. The molecule has 0 saturated carbocycles. The topological polar surface area (TPSA) is 60.9 Å². The maximum Gasteiger partial charge on any atom is 0.281 e. The van der Waals surface area contributed by atoms with Crippen molar-refractivity contribution in [1.29, 1.82) is 0 Å². The van der Waals surface area contributed by atoms with E-state index in [-0.39, 0.29) is 11.3 Å². The van der Waals surface area contributed by atoms with Crippen LogP contribution < -0.4 is 0 Å². The molecule has 140 valence electrons. The predicted molar refractivity (Wildman–Crippen MR) is 100.0 cm³/mol. The summed E-state index contributed by atoms with van der Waals surface area (Å²) in [6.45, 7) is 9.77. The second kappa shape index (κ2) is 7.05. The van der Waals surface area contributed by atoms with E-state index in [1.807, 2.05) is 19.1 Å². The first kappa shape index (κ1) is 19.9. The van der Waals surface area contributed by atoms with E-state index in [0.29, 0.717) is 31.7 Å². The Morgan fingerprint density at radius 2 is 1.64 bits per heavy atom.